The van der Waals surface area contributed by atoms with Crippen LogP contribution in [0.3, 0.4) is 0 Å². The van der Waals surface area contributed by atoms with E-state index in [1.165, 1.54) is 11.3 Å². The van der Waals surface area contributed by atoms with Crippen molar-refractivity contribution in [2.75, 3.05) is 13.1 Å². The Balaban J connectivity index is 1.42. The Morgan fingerprint density at radius 1 is 1.25 bits per heavy atom. The van der Waals surface area contributed by atoms with Crippen molar-refractivity contribution in [1.29, 1.82) is 0 Å². The van der Waals surface area contributed by atoms with Gasteiger partial charge in [-0.3, -0.25) is 14.8 Å². The molecule has 4 aromatic rings. The zero-order valence-electron chi connectivity index (χ0n) is 19.8. The molecule has 2 atom stereocenters. The molecule has 36 heavy (non-hydrogen) atoms. The fourth-order valence-corrected chi connectivity index (χ4v) is 5.35. The fraction of sp³-hybridized carbons (Fsp3) is 0.375. The second-order valence-corrected chi connectivity index (χ2v) is 10.4. The van der Waals surface area contributed by atoms with Gasteiger partial charge in [0.15, 0.2) is 11.1 Å². The van der Waals surface area contributed by atoms with E-state index in [0.29, 0.717) is 40.0 Å². The molecule has 186 valence electrons. The molecule has 2 unspecified atom stereocenters. The molecular weight excluding hydrogens is 482 g/mol. The smallest absolute Gasteiger partial charge is 0.326 e. The first-order chi connectivity index (χ1) is 17.3. The number of fused-ring (bicyclic) bond motifs is 1. The van der Waals surface area contributed by atoms with Gasteiger partial charge in [0.25, 0.3) is 5.91 Å². The van der Waals surface area contributed by atoms with Gasteiger partial charge in [-0.05, 0) is 44.9 Å². The molecule has 4 aromatic heterocycles. The van der Waals surface area contributed by atoms with Gasteiger partial charge in [0.1, 0.15) is 5.69 Å². The number of nitrogens with zero attached hydrogens (tertiary/aromatic N) is 5. The van der Waals surface area contributed by atoms with Gasteiger partial charge in [0.2, 0.25) is 5.88 Å². The number of hydrogen-bond donors (Lipinski definition) is 3. The van der Waals surface area contributed by atoms with Crippen molar-refractivity contribution < 1.29 is 14.6 Å². The van der Waals surface area contributed by atoms with Crippen LogP contribution in [0.2, 0.25) is 0 Å². The molecule has 0 bridgehead atoms. The lowest BCUT2D eigenvalue weighted by atomic mass is 10.2. The minimum atomic E-state index is -0.506. The van der Waals surface area contributed by atoms with E-state index in [2.05, 4.69) is 15.1 Å². The lowest BCUT2D eigenvalue weighted by molar-refractivity contribution is -0.0585. The third-order valence-electron chi connectivity index (χ3n) is 6.15. The zero-order chi connectivity index (χ0) is 25.0. The van der Waals surface area contributed by atoms with Crippen LogP contribution in [-0.4, -0.2) is 71.8 Å². The molecule has 11 nitrogen and oxygen atoms in total. The Bertz CT molecular complexity index is 1630. The number of H-pyrrole nitrogens is 2. The van der Waals surface area contributed by atoms with Crippen molar-refractivity contribution in [3.05, 3.63) is 56.2 Å². The third kappa shape index (κ3) is 4.33. The van der Waals surface area contributed by atoms with E-state index in [-0.39, 0.29) is 35.7 Å². The molecule has 1 aliphatic carbocycles. The highest BCUT2D eigenvalue weighted by molar-refractivity contribution is 7.17. The summed E-state index contributed by atoms with van der Waals surface area (Å²) >= 11 is 1.39. The van der Waals surface area contributed by atoms with Crippen molar-refractivity contribution in [1.82, 2.24) is 29.5 Å². The maximum atomic E-state index is 13.2. The average molecular weight is 508 g/mol. The largest absolute Gasteiger partial charge is 0.493 e. The summed E-state index contributed by atoms with van der Waals surface area (Å²) < 4.78 is 7.42. The van der Waals surface area contributed by atoms with Crippen LogP contribution in [0, 0.1) is 0 Å². The van der Waals surface area contributed by atoms with Gasteiger partial charge < -0.3 is 19.7 Å². The highest BCUT2D eigenvalue weighted by atomic mass is 32.1. The van der Waals surface area contributed by atoms with E-state index in [9.17, 15) is 14.7 Å². The summed E-state index contributed by atoms with van der Waals surface area (Å²) in [5, 5.41) is 15.0. The predicted octanol–water partition coefficient (Wildman–Crippen LogP) is 1.04. The maximum absolute atomic E-state index is 13.2. The van der Waals surface area contributed by atoms with Gasteiger partial charge in [-0.15, -0.1) is 11.3 Å². The van der Waals surface area contributed by atoms with Crippen LogP contribution in [0.25, 0.3) is 22.3 Å². The first kappa shape index (κ1) is 22.7. The van der Waals surface area contributed by atoms with E-state index in [0.717, 1.165) is 17.7 Å². The van der Waals surface area contributed by atoms with Crippen LogP contribution in [0.15, 0.2) is 34.2 Å². The molecule has 1 saturated carbocycles. The summed E-state index contributed by atoms with van der Waals surface area (Å²) in [5.41, 5.74) is 1.61. The lowest BCUT2D eigenvalue weighted by Crippen LogP contribution is -2.48. The first-order valence-electron chi connectivity index (χ1n) is 11.8. The highest BCUT2D eigenvalue weighted by Crippen LogP contribution is 2.28. The Morgan fingerprint density at radius 3 is 2.72 bits per heavy atom. The maximum Gasteiger partial charge on any atom is 0.326 e. The van der Waals surface area contributed by atoms with Crippen molar-refractivity contribution in [2.45, 2.75) is 44.9 Å². The van der Waals surface area contributed by atoms with Crippen molar-refractivity contribution >= 4 is 29.0 Å². The Kier molecular flexibility index (Phi) is 5.49. The zero-order valence-corrected chi connectivity index (χ0v) is 20.6. The summed E-state index contributed by atoms with van der Waals surface area (Å²) in [4.78, 5) is 42.5. The number of morpholine rings is 1. The number of rotatable bonds is 4. The Labute approximate surface area is 208 Å². The normalized spacial score (nSPS) is 21.6. The lowest BCUT2D eigenvalue weighted by Gasteiger charge is -2.35. The molecule has 0 radical (unpaired) electrons. The number of aromatic amines is 2. The SMILES string of the molecule is CC1CN(C(=O)c2ccc(-c3cc(=NC4CC4)n4nc/c(=C\c5[nH]c(=O)[nH]c5O)c4n3)s2)CC(C)O1. The van der Waals surface area contributed by atoms with Crippen LogP contribution < -0.4 is 16.4 Å². The molecule has 5 heterocycles. The van der Waals surface area contributed by atoms with E-state index >= 15 is 0 Å². The molecule has 1 amide bonds. The van der Waals surface area contributed by atoms with E-state index in [4.69, 9.17) is 14.7 Å². The number of hydrogen-bond acceptors (Lipinski definition) is 8. The number of carbonyl (C=O) groups is 1. The number of imidazole rings is 1. The molecule has 6 rings (SSSR count). The molecule has 3 N–H and O–H groups in total. The standard InChI is InChI=1S/C24H25N7O4S/c1-12-10-30(11-13(2)35-12)23(33)19-6-5-18(36-19)16-8-20(26-15-3-4-15)31-21(27-16)14(9-25-31)7-17-22(32)29-24(34)28-17/h5-9,12-13,15,32H,3-4,10-11H2,1-2H3,(H2,28,29,34)/b14-7+,26-20?. The minimum Gasteiger partial charge on any atom is -0.493 e. The fourth-order valence-electron chi connectivity index (χ4n) is 4.41. The molecule has 12 heteroatoms. The van der Waals surface area contributed by atoms with Crippen molar-refractivity contribution in [3.63, 3.8) is 0 Å². The van der Waals surface area contributed by atoms with Gasteiger partial charge >= 0.3 is 5.69 Å². The van der Waals surface area contributed by atoms with Gasteiger partial charge in [-0.1, -0.05) is 0 Å². The monoisotopic (exact) mass is 507 g/mol. The number of aromatic nitrogens is 5. The van der Waals surface area contributed by atoms with Crippen LogP contribution in [-0.2, 0) is 4.74 Å². The predicted molar refractivity (Wildman–Crippen MR) is 133 cm³/mol. The number of carbonyl (C=O) groups excluding carboxylic acids is 1. The third-order valence-corrected chi connectivity index (χ3v) is 7.25. The number of aromatic hydroxyl groups is 1. The molecule has 0 spiro atoms. The topological polar surface area (TPSA) is 141 Å². The first-order valence-corrected chi connectivity index (χ1v) is 12.7. The summed E-state index contributed by atoms with van der Waals surface area (Å²) in [6.45, 7) is 5.08. The minimum absolute atomic E-state index is 0.00117. The van der Waals surface area contributed by atoms with Gasteiger partial charge in [0.05, 0.1) is 39.9 Å². The van der Waals surface area contributed by atoms with Gasteiger partial charge in [0, 0.05) is 24.4 Å². The Morgan fingerprint density at radius 2 is 2.03 bits per heavy atom. The van der Waals surface area contributed by atoms with Crippen molar-refractivity contribution in [2.24, 2.45) is 4.99 Å². The summed E-state index contributed by atoms with van der Waals surface area (Å²) in [6.07, 6.45) is 5.29. The molecule has 1 saturated heterocycles. The second kappa shape index (κ2) is 8.71. The molecule has 2 fully saturated rings. The quantitative estimate of drug-likeness (QED) is 0.377. The summed E-state index contributed by atoms with van der Waals surface area (Å²) in [7, 11) is 0. The summed E-state index contributed by atoms with van der Waals surface area (Å²) in [5.74, 6) is -0.269. The number of ether oxygens (including phenoxy) is 1. The van der Waals surface area contributed by atoms with Crippen LogP contribution >= 0.6 is 11.3 Å². The average Bonchev–Trinajstić information content (AvgIpc) is 3.22. The number of thiophene rings is 1. The van der Waals surface area contributed by atoms with Gasteiger partial charge in [-0.2, -0.15) is 9.61 Å². The van der Waals surface area contributed by atoms with E-state index in [1.807, 2.05) is 36.9 Å². The van der Waals surface area contributed by atoms with Crippen LogP contribution in [0.4, 0.5) is 0 Å². The Hall–Kier alpha value is -3.77. The summed E-state index contributed by atoms with van der Waals surface area (Å²) in [6, 6.07) is 5.88. The number of nitrogens with one attached hydrogen (secondary N) is 2. The number of amides is 1. The highest BCUT2D eigenvalue weighted by Gasteiger charge is 2.27. The molecule has 0 aromatic carbocycles. The van der Waals surface area contributed by atoms with Crippen molar-refractivity contribution in [3.8, 4) is 16.5 Å². The van der Waals surface area contributed by atoms with Crippen LogP contribution in [0.5, 0.6) is 5.88 Å². The van der Waals surface area contributed by atoms with E-state index in [1.54, 1.807) is 16.8 Å². The van der Waals surface area contributed by atoms with Gasteiger partial charge in [-0.25, -0.2) is 9.78 Å². The molecule has 1 aliphatic heterocycles. The molecular formula is C24H25N7O4S. The molecule has 2 aliphatic rings. The van der Waals surface area contributed by atoms with E-state index < -0.39 is 5.69 Å². The van der Waals surface area contributed by atoms with Crippen LogP contribution in [0.1, 0.15) is 42.1 Å². The second-order valence-electron chi connectivity index (χ2n) is 9.31.